The van der Waals surface area contributed by atoms with Crippen molar-refractivity contribution in [1.29, 1.82) is 0 Å². The van der Waals surface area contributed by atoms with E-state index in [-0.39, 0.29) is 29.7 Å². The lowest BCUT2D eigenvalue weighted by Gasteiger charge is -2.15. The van der Waals surface area contributed by atoms with E-state index < -0.39 is 12.8 Å². The fourth-order valence-corrected chi connectivity index (χ4v) is 3.66. The Morgan fingerprint density at radius 2 is 2.10 bits per heavy atom. The zero-order valence-corrected chi connectivity index (χ0v) is 16.6. The Labute approximate surface area is 171 Å². The van der Waals surface area contributed by atoms with E-state index in [1.807, 2.05) is 20.2 Å². The number of rotatable bonds is 6. The lowest BCUT2D eigenvalue weighted by molar-refractivity contribution is -0.154. The highest BCUT2D eigenvalue weighted by molar-refractivity contribution is 5.85. The van der Waals surface area contributed by atoms with Crippen LogP contribution in [0.5, 0.6) is 5.88 Å². The van der Waals surface area contributed by atoms with Gasteiger partial charge in [-0.3, -0.25) is 4.79 Å². The molecule has 0 unspecified atom stereocenters. The highest BCUT2D eigenvalue weighted by Crippen LogP contribution is 2.48. The van der Waals surface area contributed by atoms with Crippen molar-refractivity contribution >= 4 is 16.8 Å². The van der Waals surface area contributed by atoms with Crippen molar-refractivity contribution in [1.82, 2.24) is 14.9 Å². The molecule has 3 aromatic rings. The summed E-state index contributed by atoms with van der Waals surface area (Å²) in [7, 11) is 2.00. The van der Waals surface area contributed by atoms with Gasteiger partial charge in [-0.1, -0.05) is 18.2 Å². The van der Waals surface area contributed by atoms with Crippen LogP contribution in [-0.4, -0.2) is 28.2 Å². The van der Waals surface area contributed by atoms with Gasteiger partial charge in [0.25, 0.3) is 0 Å². The van der Waals surface area contributed by atoms with Gasteiger partial charge in [0.05, 0.1) is 6.04 Å². The molecule has 0 saturated heterocycles. The minimum absolute atomic E-state index is 0.0307. The largest absolute Gasteiger partial charge is 0.468 e. The number of pyridine rings is 1. The molecule has 3 atom stereocenters. The average Bonchev–Trinajstić information content (AvgIpc) is 3.43. The summed E-state index contributed by atoms with van der Waals surface area (Å²) in [5, 5.41) is 4.15. The second kappa shape index (κ2) is 7.66. The molecule has 30 heavy (non-hydrogen) atoms. The Morgan fingerprint density at radius 1 is 1.30 bits per heavy atom. The van der Waals surface area contributed by atoms with Crippen LogP contribution in [0.1, 0.15) is 36.4 Å². The molecular formula is C22H22F3N3O2. The Bertz CT molecular complexity index is 1060. The molecule has 5 nitrogen and oxygen atoms in total. The number of nitrogens with one attached hydrogen (secondary N) is 1. The van der Waals surface area contributed by atoms with Crippen molar-refractivity contribution < 1.29 is 22.7 Å². The van der Waals surface area contributed by atoms with Crippen molar-refractivity contribution in [3.05, 3.63) is 59.9 Å². The van der Waals surface area contributed by atoms with Gasteiger partial charge in [-0.15, -0.1) is 0 Å². The third kappa shape index (κ3) is 4.42. The van der Waals surface area contributed by atoms with Crippen LogP contribution in [0.3, 0.4) is 0 Å². The van der Waals surface area contributed by atoms with E-state index in [2.05, 4.69) is 43.9 Å². The molecule has 2 aromatic heterocycles. The van der Waals surface area contributed by atoms with Crippen molar-refractivity contribution in [3.63, 3.8) is 0 Å². The van der Waals surface area contributed by atoms with E-state index in [0.717, 1.165) is 17.5 Å². The molecule has 1 saturated carbocycles. The quantitative estimate of drug-likeness (QED) is 0.643. The van der Waals surface area contributed by atoms with E-state index in [1.165, 1.54) is 17.6 Å². The molecule has 0 aliphatic heterocycles. The predicted octanol–water partition coefficient (Wildman–Crippen LogP) is 4.50. The number of carbonyl (C=O) groups excluding carboxylic acids is 1. The molecule has 1 fully saturated rings. The van der Waals surface area contributed by atoms with Crippen LogP contribution < -0.4 is 10.1 Å². The lowest BCUT2D eigenvalue weighted by Crippen LogP contribution is -2.28. The number of aryl methyl sites for hydroxylation is 1. The highest BCUT2D eigenvalue weighted by Gasteiger charge is 2.44. The van der Waals surface area contributed by atoms with Gasteiger partial charge < -0.3 is 14.6 Å². The van der Waals surface area contributed by atoms with Gasteiger partial charge in [-0.25, -0.2) is 4.98 Å². The number of amides is 1. The summed E-state index contributed by atoms with van der Waals surface area (Å²) in [6, 6.07) is 11.0. The molecule has 1 aliphatic rings. The van der Waals surface area contributed by atoms with Gasteiger partial charge in [-0.2, -0.15) is 13.2 Å². The summed E-state index contributed by atoms with van der Waals surface area (Å²) in [5.74, 6) is -0.00917. The Balaban J connectivity index is 1.34. The second-order valence-corrected chi connectivity index (χ2v) is 7.76. The third-order valence-corrected chi connectivity index (χ3v) is 5.47. The molecule has 1 aliphatic carbocycles. The summed E-state index contributed by atoms with van der Waals surface area (Å²) in [4.78, 5) is 16.5. The fourth-order valence-electron chi connectivity index (χ4n) is 3.66. The van der Waals surface area contributed by atoms with Gasteiger partial charge in [0.1, 0.15) is 0 Å². The van der Waals surface area contributed by atoms with Crippen LogP contribution in [-0.2, 0) is 11.8 Å². The number of ether oxygens (including phenoxy) is 1. The highest BCUT2D eigenvalue weighted by atomic mass is 19.4. The summed E-state index contributed by atoms with van der Waals surface area (Å²) >= 11 is 0. The first kappa shape index (κ1) is 20.3. The Morgan fingerprint density at radius 3 is 2.80 bits per heavy atom. The Hall–Kier alpha value is -3.03. The maximum absolute atomic E-state index is 12.6. The monoisotopic (exact) mass is 417 g/mol. The summed E-state index contributed by atoms with van der Waals surface area (Å²) in [5.41, 5.74) is 3.00. The molecule has 1 N–H and O–H groups in total. The van der Waals surface area contributed by atoms with Gasteiger partial charge in [0.2, 0.25) is 11.8 Å². The predicted molar refractivity (Wildman–Crippen MR) is 106 cm³/mol. The first-order valence-corrected chi connectivity index (χ1v) is 9.72. The van der Waals surface area contributed by atoms with Gasteiger partial charge in [-0.05, 0) is 47.9 Å². The van der Waals surface area contributed by atoms with Crippen LogP contribution in [0.15, 0.2) is 48.8 Å². The molecule has 0 bridgehead atoms. The van der Waals surface area contributed by atoms with Crippen molar-refractivity contribution in [2.45, 2.75) is 31.5 Å². The minimum Gasteiger partial charge on any atom is -0.468 e. The summed E-state index contributed by atoms with van der Waals surface area (Å²) < 4.78 is 43.3. The number of halogens is 3. The zero-order valence-electron chi connectivity index (χ0n) is 16.6. The topological polar surface area (TPSA) is 56.2 Å². The van der Waals surface area contributed by atoms with Crippen LogP contribution in [0.2, 0.25) is 0 Å². The number of fused-ring (bicyclic) bond motifs is 1. The molecule has 0 radical (unpaired) electrons. The number of hydrogen-bond acceptors (Lipinski definition) is 3. The number of benzene rings is 1. The van der Waals surface area contributed by atoms with Crippen molar-refractivity contribution in [2.24, 2.45) is 13.0 Å². The number of nitrogens with zero attached hydrogens (tertiary/aromatic N) is 2. The standard InChI is InChI=1S/C22H22F3N3O2/c1-13(16-5-6-20(26-11-16)30-12-22(23,24)25)27-21(29)18-10-17(18)15-4-3-14-7-8-28(2)19(14)9-15/h3-9,11,13,17-18H,10,12H2,1-2H3,(H,27,29)/t13-,17+,18-/m1/s1. The molecule has 1 amide bonds. The molecule has 8 heteroatoms. The SMILES string of the molecule is C[C@@H](NC(=O)[C@@H]1C[C@H]1c1ccc2ccn(C)c2c1)c1ccc(OCC(F)(F)F)nc1. The molecule has 0 spiro atoms. The van der Waals surface area contributed by atoms with E-state index in [9.17, 15) is 18.0 Å². The van der Waals surface area contributed by atoms with Gasteiger partial charge in [0.15, 0.2) is 6.61 Å². The molecule has 158 valence electrons. The summed E-state index contributed by atoms with van der Waals surface area (Å²) in [6.07, 6.45) is -0.171. The zero-order chi connectivity index (χ0) is 21.5. The normalized spacial score (nSPS) is 19.5. The maximum atomic E-state index is 12.6. The molecule has 4 rings (SSSR count). The number of aromatic nitrogens is 2. The first-order chi connectivity index (χ1) is 14.2. The fraction of sp³-hybridized carbons (Fsp3) is 0.364. The van der Waals surface area contributed by atoms with Gasteiger partial charge in [0, 0.05) is 36.9 Å². The van der Waals surface area contributed by atoms with Crippen LogP contribution >= 0.6 is 0 Å². The van der Waals surface area contributed by atoms with E-state index in [1.54, 1.807) is 6.07 Å². The smallest absolute Gasteiger partial charge is 0.422 e. The van der Waals surface area contributed by atoms with E-state index >= 15 is 0 Å². The lowest BCUT2D eigenvalue weighted by atomic mass is 10.1. The molecule has 1 aromatic carbocycles. The summed E-state index contributed by atoms with van der Waals surface area (Å²) in [6.45, 7) is 0.432. The first-order valence-electron chi connectivity index (χ1n) is 9.72. The van der Waals surface area contributed by atoms with E-state index in [0.29, 0.717) is 5.56 Å². The second-order valence-electron chi connectivity index (χ2n) is 7.76. The number of carbonyl (C=O) groups is 1. The van der Waals surface area contributed by atoms with Crippen LogP contribution in [0.25, 0.3) is 10.9 Å². The van der Waals surface area contributed by atoms with Gasteiger partial charge >= 0.3 is 6.18 Å². The van der Waals surface area contributed by atoms with Crippen molar-refractivity contribution in [2.75, 3.05) is 6.61 Å². The van der Waals surface area contributed by atoms with Crippen LogP contribution in [0, 0.1) is 5.92 Å². The number of alkyl halides is 3. The molecule has 2 heterocycles. The minimum atomic E-state index is -4.41. The molecular weight excluding hydrogens is 395 g/mol. The van der Waals surface area contributed by atoms with E-state index in [4.69, 9.17) is 0 Å². The third-order valence-electron chi connectivity index (χ3n) is 5.47. The van der Waals surface area contributed by atoms with Crippen LogP contribution in [0.4, 0.5) is 13.2 Å². The number of hydrogen-bond donors (Lipinski definition) is 1. The maximum Gasteiger partial charge on any atom is 0.422 e. The van der Waals surface area contributed by atoms with Crippen molar-refractivity contribution in [3.8, 4) is 5.88 Å². The Kier molecular flexibility index (Phi) is 5.17. The average molecular weight is 417 g/mol.